The summed E-state index contributed by atoms with van der Waals surface area (Å²) < 4.78 is 26.1. The zero-order valence-electron chi connectivity index (χ0n) is 13.9. The lowest BCUT2D eigenvalue weighted by molar-refractivity contribution is 0.0222. The summed E-state index contributed by atoms with van der Waals surface area (Å²) in [6.45, 7) is 2.65. The van der Waals surface area contributed by atoms with Gasteiger partial charge in [0.1, 0.15) is 5.75 Å². The molecular weight excluding hydrogens is 348 g/mol. The van der Waals surface area contributed by atoms with Gasteiger partial charge in [-0.25, -0.2) is 8.42 Å². The Hall–Kier alpha value is -0.820. The van der Waals surface area contributed by atoms with E-state index in [1.165, 1.54) is 17.4 Å². The maximum Gasteiger partial charge on any atom is 0.211 e. The second kappa shape index (κ2) is 6.48. The molecule has 0 amide bonds. The molecule has 3 aliphatic heterocycles. The van der Waals surface area contributed by atoms with Crippen LogP contribution in [0, 0.1) is 5.92 Å². The lowest BCUT2D eigenvalue weighted by Gasteiger charge is -2.51. The molecule has 0 bridgehead atoms. The highest BCUT2D eigenvalue weighted by atomic mass is 35.5. The average molecular weight is 373 g/mol. The Bertz CT molecular complexity index is 725. The molecule has 3 aliphatic rings. The number of sulfonamides is 1. The molecule has 1 N–H and O–H groups in total. The van der Waals surface area contributed by atoms with Crippen molar-refractivity contribution in [3.8, 4) is 5.75 Å². The number of nitrogens with zero attached hydrogens (tertiary/aromatic N) is 2. The van der Waals surface area contributed by atoms with Gasteiger partial charge in [0.2, 0.25) is 10.0 Å². The van der Waals surface area contributed by atoms with Gasteiger partial charge in [-0.2, -0.15) is 4.31 Å². The number of piperidine rings is 2. The number of hydrogen-bond donors (Lipinski definition) is 1. The molecule has 0 aliphatic carbocycles. The van der Waals surface area contributed by atoms with Crippen molar-refractivity contribution in [3.05, 3.63) is 29.3 Å². The molecule has 0 aromatic heterocycles. The summed E-state index contributed by atoms with van der Waals surface area (Å²) in [6.07, 6.45) is 5.27. The van der Waals surface area contributed by atoms with Crippen LogP contribution in [0.1, 0.15) is 36.4 Å². The molecule has 1 aromatic carbocycles. The minimum absolute atomic E-state index is 0. The summed E-state index contributed by atoms with van der Waals surface area (Å²) >= 11 is 0. The molecule has 7 heteroatoms. The van der Waals surface area contributed by atoms with Gasteiger partial charge in [0.05, 0.1) is 6.26 Å². The van der Waals surface area contributed by atoms with Crippen LogP contribution in [0.25, 0.3) is 0 Å². The molecule has 1 aromatic rings. The van der Waals surface area contributed by atoms with Crippen LogP contribution in [0.2, 0.25) is 0 Å². The van der Waals surface area contributed by atoms with Crippen molar-refractivity contribution < 1.29 is 13.5 Å². The zero-order valence-corrected chi connectivity index (χ0v) is 15.5. The summed E-state index contributed by atoms with van der Waals surface area (Å²) in [7, 11) is -3.14. The van der Waals surface area contributed by atoms with Crippen LogP contribution in [-0.2, 0) is 16.4 Å². The standard InChI is InChI=1S/C17H24N2O3S.ClH/c1-23(21,22)19-7-2-3-13-11-18-8-6-12-9-14(20)4-5-15(12)17(18)10-16(13)19;/h4-5,9,13,16-17,20H,2-3,6-8,10-11H2,1H3;1H/t13-,16+,17+;/m1./s1. The van der Waals surface area contributed by atoms with E-state index in [1.54, 1.807) is 10.4 Å². The Morgan fingerprint density at radius 2 is 2.04 bits per heavy atom. The monoisotopic (exact) mass is 372 g/mol. The summed E-state index contributed by atoms with van der Waals surface area (Å²) in [5.74, 6) is 0.773. The number of aromatic hydroxyl groups is 1. The third-order valence-electron chi connectivity index (χ3n) is 5.82. The highest BCUT2D eigenvalue weighted by Crippen LogP contribution is 2.43. The van der Waals surface area contributed by atoms with Crippen molar-refractivity contribution in [1.29, 1.82) is 0 Å². The van der Waals surface area contributed by atoms with Crippen molar-refractivity contribution in [1.82, 2.24) is 9.21 Å². The molecule has 3 atom stereocenters. The first-order chi connectivity index (χ1) is 10.9. The van der Waals surface area contributed by atoms with Crippen molar-refractivity contribution in [2.24, 2.45) is 5.92 Å². The normalized spacial score (nSPS) is 30.6. The first-order valence-electron chi connectivity index (χ1n) is 8.46. The van der Waals surface area contributed by atoms with E-state index < -0.39 is 10.0 Å². The highest BCUT2D eigenvalue weighted by Gasteiger charge is 2.44. The molecule has 4 rings (SSSR count). The second-order valence-corrected chi connectivity index (χ2v) is 9.16. The van der Waals surface area contributed by atoms with Gasteiger partial charge in [-0.3, -0.25) is 4.90 Å². The maximum atomic E-state index is 12.2. The Labute approximate surface area is 150 Å². The third kappa shape index (κ3) is 3.05. The fourth-order valence-electron chi connectivity index (χ4n) is 4.81. The van der Waals surface area contributed by atoms with Gasteiger partial charge in [-0.05, 0) is 54.9 Å². The highest BCUT2D eigenvalue weighted by molar-refractivity contribution is 7.88. The van der Waals surface area contributed by atoms with E-state index in [-0.39, 0.29) is 24.5 Å². The minimum atomic E-state index is -3.14. The fourth-order valence-corrected chi connectivity index (χ4v) is 6.02. The number of hydrogen-bond acceptors (Lipinski definition) is 4. The van der Waals surface area contributed by atoms with E-state index >= 15 is 0 Å². The molecule has 5 nitrogen and oxygen atoms in total. The van der Waals surface area contributed by atoms with Crippen molar-refractivity contribution in [2.45, 2.75) is 37.8 Å². The lowest BCUT2D eigenvalue weighted by Crippen LogP contribution is -2.57. The molecule has 2 fully saturated rings. The van der Waals surface area contributed by atoms with Crippen LogP contribution in [0.15, 0.2) is 18.2 Å². The summed E-state index contributed by atoms with van der Waals surface area (Å²) in [4.78, 5) is 2.52. The zero-order chi connectivity index (χ0) is 16.2. The fraction of sp³-hybridized carbons (Fsp3) is 0.647. The van der Waals surface area contributed by atoms with Gasteiger partial charge < -0.3 is 5.11 Å². The average Bonchev–Trinajstić information content (AvgIpc) is 2.51. The summed E-state index contributed by atoms with van der Waals surface area (Å²) in [5, 5.41) is 9.72. The summed E-state index contributed by atoms with van der Waals surface area (Å²) in [6, 6.07) is 6.05. The van der Waals surface area contributed by atoms with E-state index in [2.05, 4.69) is 4.90 Å². The van der Waals surface area contributed by atoms with Gasteiger partial charge in [-0.1, -0.05) is 6.07 Å². The largest absolute Gasteiger partial charge is 0.508 e. The van der Waals surface area contributed by atoms with E-state index in [1.807, 2.05) is 12.1 Å². The van der Waals surface area contributed by atoms with E-state index in [4.69, 9.17) is 0 Å². The van der Waals surface area contributed by atoms with Crippen LogP contribution in [0.4, 0.5) is 0 Å². The van der Waals surface area contributed by atoms with Crippen molar-refractivity contribution in [2.75, 3.05) is 25.9 Å². The quantitative estimate of drug-likeness (QED) is 0.820. The molecule has 0 spiro atoms. The Morgan fingerprint density at radius 3 is 2.79 bits per heavy atom. The van der Waals surface area contributed by atoms with Crippen LogP contribution in [-0.4, -0.2) is 54.7 Å². The molecule has 2 saturated heterocycles. The lowest BCUT2D eigenvalue weighted by atomic mass is 9.77. The minimum Gasteiger partial charge on any atom is -0.508 e. The number of benzene rings is 1. The Balaban J connectivity index is 0.00000169. The van der Waals surface area contributed by atoms with Crippen molar-refractivity contribution >= 4 is 22.4 Å². The van der Waals surface area contributed by atoms with Crippen LogP contribution in [0.3, 0.4) is 0 Å². The van der Waals surface area contributed by atoms with Gasteiger partial charge >= 0.3 is 0 Å². The SMILES string of the molecule is CS(=O)(=O)N1CCC[C@@H]2CN3CCc4cc(O)ccc4[C@@H]3C[C@@H]21.Cl. The molecule has 24 heavy (non-hydrogen) atoms. The first kappa shape index (κ1) is 18.0. The van der Waals surface area contributed by atoms with Gasteiger partial charge in [-0.15, -0.1) is 12.4 Å². The number of phenolic OH excluding ortho intramolecular Hbond substituents is 1. The van der Waals surface area contributed by atoms with E-state index in [9.17, 15) is 13.5 Å². The van der Waals surface area contributed by atoms with Crippen LogP contribution in [0.5, 0.6) is 5.75 Å². The molecule has 0 unspecified atom stereocenters. The van der Waals surface area contributed by atoms with Gasteiger partial charge in [0.25, 0.3) is 0 Å². The number of phenols is 1. The molecule has 0 radical (unpaired) electrons. The van der Waals surface area contributed by atoms with E-state index in [0.29, 0.717) is 18.2 Å². The predicted octanol–water partition coefficient (Wildman–Crippen LogP) is 2.16. The third-order valence-corrected chi connectivity index (χ3v) is 7.13. The predicted molar refractivity (Wildman–Crippen MR) is 96.1 cm³/mol. The summed E-state index contributed by atoms with van der Waals surface area (Å²) in [5.41, 5.74) is 2.48. The molecule has 134 valence electrons. The number of fused-ring (bicyclic) bond motifs is 4. The molecule has 0 saturated carbocycles. The van der Waals surface area contributed by atoms with Gasteiger partial charge in [0, 0.05) is 31.7 Å². The topological polar surface area (TPSA) is 60.9 Å². The smallest absolute Gasteiger partial charge is 0.211 e. The molecule has 3 heterocycles. The van der Waals surface area contributed by atoms with E-state index in [0.717, 1.165) is 38.8 Å². The number of halogens is 1. The van der Waals surface area contributed by atoms with Crippen molar-refractivity contribution in [3.63, 3.8) is 0 Å². The van der Waals surface area contributed by atoms with Crippen LogP contribution < -0.4 is 0 Å². The van der Waals surface area contributed by atoms with Gasteiger partial charge in [0.15, 0.2) is 0 Å². The molecular formula is C17H25ClN2O3S. The van der Waals surface area contributed by atoms with Crippen LogP contribution >= 0.6 is 12.4 Å². The Kier molecular flexibility index (Phi) is 4.86. The number of rotatable bonds is 1. The Morgan fingerprint density at radius 1 is 1.25 bits per heavy atom. The first-order valence-corrected chi connectivity index (χ1v) is 10.3. The maximum absolute atomic E-state index is 12.2. The second-order valence-electron chi connectivity index (χ2n) is 7.22.